The zero-order valence-corrected chi connectivity index (χ0v) is 14.6. The van der Waals surface area contributed by atoms with Crippen molar-refractivity contribution >= 4 is 21.6 Å². The van der Waals surface area contributed by atoms with Crippen LogP contribution < -0.4 is 11.1 Å². The topological polar surface area (TPSA) is 136 Å². The van der Waals surface area contributed by atoms with Gasteiger partial charge in [0, 0.05) is 44.2 Å². The number of rotatable bonds is 7. The first kappa shape index (κ1) is 19.3. The van der Waals surface area contributed by atoms with E-state index < -0.39 is 14.9 Å². The molecule has 1 fully saturated rings. The Labute approximate surface area is 146 Å². The van der Waals surface area contributed by atoms with Crippen molar-refractivity contribution in [3.63, 3.8) is 0 Å². The minimum atomic E-state index is -3.78. The summed E-state index contributed by atoms with van der Waals surface area (Å²) in [6.45, 7) is 0.823. The number of carbonyl (C=O) groups is 1. The Hall–Kier alpha value is -2.04. The molecule has 2 rings (SSSR count). The van der Waals surface area contributed by atoms with E-state index in [1.807, 2.05) is 0 Å². The van der Waals surface area contributed by atoms with Crippen molar-refractivity contribution in [2.75, 3.05) is 19.6 Å². The first-order chi connectivity index (χ1) is 11.9. The molecule has 1 unspecified atom stereocenters. The van der Waals surface area contributed by atoms with E-state index in [0.717, 1.165) is 12.8 Å². The highest BCUT2D eigenvalue weighted by molar-refractivity contribution is 7.89. The minimum Gasteiger partial charge on any atom is -0.354 e. The molecule has 10 heteroatoms. The lowest BCUT2D eigenvalue weighted by Gasteiger charge is -2.34. The second-order valence-corrected chi connectivity index (χ2v) is 7.75. The number of nitrogens with zero attached hydrogens (tertiary/aromatic N) is 2. The van der Waals surface area contributed by atoms with E-state index in [2.05, 4.69) is 5.32 Å². The van der Waals surface area contributed by atoms with Crippen LogP contribution in [0.5, 0.6) is 0 Å². The molecule has 0 spiro atoms. The molecule has 0 aromatic heterocycles. The number of hydrogen-bond acceptors (Lipinski definition) is 6. The number of nitrogens with one attached hydrogen (secondary N) is 1. The molecular weight excluding hydrogens is 348 g/mol. The number of hydrogen-bond donors (Lipinski definition) is 2. The Morgan fingerprint density at radius 3 is 2.60 bits per heavy atom. The molecule has 1 atom stereocenters. The van der Waals surface area contributed by atoms with Gasteiger partial charge in [-0.1, -0.05) is 6.42 Å². The number of sulfonamides is 1. The van der Waals surface area contributed by atoms with E-state index >= 15 is 0 Å². The quantitative estimate of drug-likeness (QED) is 0.533. The van der Waals surface area contributed by atoms with Crippen LogP contribution in [0.25, 0.3) is 0 Å². The minimum absolute atomic E-state index is 0.0123. The maximum Gasteiger partial charge on any atom is 0.269 e. The Morgan fingerprint density at radius 1 is 1.32 bits per heavy atom. The van der Waals surface area contributed by atoms with Gasteiger partial charge < -0.3 is 11.1 Å². The molecule has 1 saturated heterocycles. The zero-order valence-electron chi connectivity index (χ0n) is 13.8. The third-order valence-corrected chi connectivity index (χ3v) is 6.10. The summed E-state index contributed by atoms with van der Waals surface area (Å²) in [4.78, 5) is 21.7. The predicted octanol–water partition coefficient (Wildman–Crippen LogP) is 0.603. The van der Waals surface area contributed by atoms with Gasteiger partial charge in [-0.05, 0) is 25.0 Å². The van der Waals surface area contributed by atoms with Crippen LogP contribution in [-0.2, 0) is 14.8 Å². The summed E-state index contributed by atoms with van der Waals surface area (Å²) < 4.78 is 27.1. The molecule has 1 heterocycles. The summed E-state index contributed by atoms with van der Waals surface area (Å²) in [5.74, 6) is -0.208. The average molecular weight is 370 g/mol. The van der Waals surface area contributed by atoms with Crippen LogP contribution >= 0.6 is 0 Å². The lowest BCUT2D eigenvalue weighted by molar-refractivity contribution is -0.384. The van der Waals surface area contributed by atoms with Gasteiger partial charge in [-0.15, -0.1) is 0 Å². The highest BCUT2D eigenvalue weighted by Crippen LogP contribution is 2.26. The van der Waals surface area contributed by atoms with Gasteiger partial charge in [-0.25, -0.2) is 8.42 Å². The first-order valence-electron chi connectivity index (χ1n) is 8.09. The molecule has 3 N–H and O–H groups in total. The van der Waals surface area contributed by atoms with Gasteiger partial charge in [0.05, 0.1) is 9.82 Å². The van der Waals surface area contributed by atoms with E-state index in [0.29, 0.717) is 13.0 Å². The van der Waals surface area contributed by atoms with Crippen LogP contribution in [0.2, 0.25) is 0 Å². The fourth-order valence-corrected chi connectivity index (χ4v) is 4.51. The molecule has 9 nitrogen and oxygen atoms in total. The van der Waals surface area contributed by atoms with Crippen LogP contribution in [0.1, 0.15) is 25.7 Å². The SMILES string of the molecule is NCCC(=O)NCC1CCCCN1S(=O)(=O)c1ccc([N+](=O)[O-])cc1. The molecule has 1 aliphatic rings. The molecule has 1 aromatic carbocycles. The summed E-state index contributed by atoms with van der Waals surface area (Å²) in [6.07, 6.45) is 2.46. The second-order valence-electron chi connectivity index (χ2n) is 5.86. The number of piperidine rings is 1. The van der Waals surface area contributed by atoms with Gasteiger partial charge in [0.2, 0.25) is 15.9 Å². The third-order valence-electron chi connectivity index (χ3n) is 4.13. The number of amides is 1. The second kappa shape index (κ2) is 8.37. The molecule has 1 aromatic rings. The number of non-ortho nitro benzene ring substituents is 1. The van der Waals surface area contributed by atoms with Crippen molar-refractivity contribution in [3.8, 4) is 0 Å². The van der Waals surface area contributed by atoms with Crippen molar-refractivity contribution in [2.24, 2.45) is 5.73 Å². The summed E-state index contributed by atoms with van der Waals surface area (Å²) in [5, 5.41) is 13.4. The summed E-state index contributed by atoms with van der Waals surface area (Å²) in [6, 6.07) is 4.50. The number of carbonyl (C=O) groups excluding carboxylic acids is 1. The molecule has 0 aliphatic carbocycles. The van der Waals surface area contributed by atoms with Crippen molar-refractivity contribution in [1.82, 2.24) is 9.62 Å². The highest BCUT2D eigenvalue weighted by Gasteiger charge is 2.33. The first-order valence-corrected chi connectivity index (χ1v) is 9.53. The van der Waals surface area contributed by atoms with E-state index in [1.54, 1.807) is 0 Å². The Morgan fingerprint density at radius 2 is 2.00 bits per heavy atom. The number of benzene rings is 1. The smallest absolute Gasteiger partial charge is 0.269 e. The molecule has 0 bridgehead atoms. The molecule has 138 valence electrons. The maximum absolute atomic E-state index is 12.9. The molecule has 0 saturated carbocycles. The lowest BCUT2D eigenvalue weighted by Crippen LogP contribution is -2.49. The van der Waals surface area contributed by atoms with Crippen molar-refractivity contribution < 1.29 is 18.1 Å². The summed E-state index contributed by atoms with van der Waals surface area (Å²) >= 11 is 0. The molecule has 0 radical (unpaired) electrons. The Bertz CT molecular complexity index is 720. The van der Waals surface area contributed by atoms with Crippen LogP contribution in [0.4, 0.5) is 5.69 Å². The largest absolute Gasteiger partial charge is 0.354 e. The average Bonchev–Trinajstić information content (AvgIpc) is 2.60. The van der Waals surface area contributed by atoms with Crippen molar-refractivity contribution in [3.05, 3.63) is 34.4 Å². The van der Waals surface area contributed by atoms with Gasteiger partial charge in [0.1, 0.15) is 0 Å². The summed E-state index contributed by atoms with van der Waals surface area (Å²) in [7, 11) is -3.78. The van der Waals surface area contributed by atoms with E-state index in [-0.39, 0.29) is 42.0 Å². The van der Waals surface area contributed by atoms with Gasteiger partial charge >= 0.3 is 0 Å². The van der Waals surface area contributed by atoms with Crippen molar-refractivity contribution in [2.45, 2.75) is 36.6 Å². The van der Waals surface area contributed by atoms with E-state index in [4.69, 9.17) is 5.73 Å². The molecule has 1 aliphatic heterocycles. The van der Waals surface area contributed by atoms with Crippen LogP contribution in [0.3, 0.4) is 0 Å². The fourth-order valence-electron chi connectivity index (χ4n) is 2.82. The lowest BCUT2D eigenvalue weighted by atomic mass is 10.1. The van der Waals surface area contributed by atoms with Gasteiger partial charge in [-0.2, -0.15) is 4.31 Å². The van der Waals surface area contributed by atoms with Gasteiger partial charge in [0.15, 0.2) is 0 Å². The monoisotopic (exact) mass is 370 g/mol. The normalized spacial score (nSPS) is 18.7. The molecule has 1 amide bonds. The molecular formula is C15H22N4O5S. The van der Waals surface area contributed by atoms with Crippen molar-refractivity contribution in [1.29, 1.82) is 0 Å². The zero-order chi connectivity index (χ0) is 18.4. The Kier molecular flexibility index (Phi) is 6.45. The molecule has 25 heavy (non-hydrogen) atoms. The van der Waals surface area contributed by atoms with Crippen LogP contribution in [0.15, 0.2) is 29.2 Å². The Balaban J connectivity index is 2.16. The van der Waals surface area contributed by atoms with E-state index in [9.17, 15) is 23.3 Å². The van der Waals surface area contributed by atoms with Crippen LogP contribution in [0, 0.1) is 10.1 Å². The predicted molar refractivity (Wildman–Crippen MR) is 91.3 cm³/mol. The number of nitrogens with two attached hydrogens (primary N) is 1. The van der Waals surface area contributed by atoms with E-state index in [1.165, 1.54) is 28.6 Å². The number of nitro benzene ring substituents is 1. The maximum atomic E-state index is 12.9. The summed E-state index contributed by atoms with van der Waals surface area (Å²) in [5.41, 5.74) is 5.17. The van der Waals surface area contributed by atoms with Gasteiger partial charge in [0.25, 0.3) is 5.69 Å². The third kappa shape index (κ3) is 4.74. The fraction of sp³-hybridized carbons (Fsp3) is 0.533. The standard InChI is InChI=1S/C15H22N4O5S/c16-9-8-15(20)17-11-13-3-1-2-10-18(13)25(23,24)14-6-4-12(5-7-14)19(21)22/h4-7,13H,1-3,8-11,16H2,(H,17,20). The number of nitro groups is 1. The van der Waals surface area contributed by atoms with Gasteiger partial charge in [-0.3, -0.25) is 14.9 Å². The van der Waals surface area contributed by atoms with Crippen LogP contribution in [-0.4, -0.2) is 49.2 Å². The highest BCUT2D eigenvalue weighted by atomic mass is 32.2.